The van der Waals surface area contributed by atoms with Gasteiger partial charge < -0.3 is 15.0 Å². The van der Waals surface area contributed by atoms with E-state index in [9.17, 15) is 5.11 Å². The van der Waals surface area contributed by atoms with E-state index in [0.29, 0.717) is 6.54 Å². The molecule has 1 aromatic heterocycles. The minimum absolute atomic E-state index is 0.410. The van der Waals surface area contributed by atoms with Crippen LogP contribution >= 0.6 is 0 Å². The fourth-order valence-electron chi connectivity index (χ4n) is 2.60. The Labute approximate surface area is 130 Å². The Morgan fingerprint density at radius 2 is 2.00 bits per heavy atom. The SMILES string of the molecule is Cc1cccc(Cn2c(NCC(C)O)nc3ccccc32)c1. The van der Waals surface area contributed by atoms with Gasteiger partial charge in [0, 0.05) is 6.54 Å². The first-order valence-corrected chi connectivity index (χ1v) is 7.56. The van der Waals surface area contributed by atoms with Crippen molar-refractivity contribution in [3.8, 4) is 0 Å². The van der Waals surface area contributed by atoms with Gasteiger partial charge in [-0.1, -0.05) is 42.0 Å². The zero-order valence-corrected chi connectivity index (χ0v) is 13.0. The average Bonchev–Trinajstić information content (AvgIpc) is 2.83. The van der Waals surface area contributed by atoms with Gasteiger partial charge in [0.15, 0.2) is 0 Å². The van der Waals surface area contributed by atoms with E-state index in [0.717, 1.165) is 23.5 Å². The molecule has 22 heavy (non-hydrogen) atoms. The minimum atomic E-state index is -0.410. The number of hydrogen-bond donors (Lipinski definition) is 2. The van der Waals surface area contributed by atoms with E-state index in [1.165, 1.54) is 11.1 Å². The normalized spacial score (nSPS) is 12.5. The van der Waals surface area contributed by atoms with Gasteiger partial charge >= 0.3 is 0 Å². The van der Waals surface area contributed by atoms with Crippen LogP contribution in [0.4, 0.5) is 5.95 Å². The maximum absolute atomic E-state index is 9.51. The molecule has 0 bridgehead atoms. The highest BCUT2D eigenvalue weighted by atomic mass is 16.3. The van der Waals surface area contributed by atoms with Crippen molar-refractivity contribution in [3.63, 3.8) is 0 Å². The summed E-state index contributed by atoms with van der Waals surface area (Å²) >= 11 is 0. The van der Waals surface area contributed by atoms with Gasteiger partial charge in [-0.25, -0.2) is 4.98 Å². The minimum Gasteiger partial charge on any atom is -0.392 e. The summed E-state index contributed by atoms with van der Waals surface area (Å²) in [5, 5.41) is 12.7. The summed E-state index contributed by atoms with van der Waals surface area (Å²) in [5.74, 6) is 0.795. The van der Waals surface area contributed by atoms with E-state index < -0.39 is 6.10 Å². The van der Waals surface area contributed by atoms with Crippen LogP contribution < -0.4 is 5.32 Å². The Bertz CT molecular complexity index is 777. The molecular weight excluding hydrogens is 274 g/mol. The fourth-order valence-corrected chi connectivity index (χ4v) is 2.60. The summed E-state index contributed by atoms with van der Waals surface area (Å²) in [4.78, 5) is 4.64. The lowest BCUT2D eigenvalue weighted by Crippen LogP contribution is -2.18. The Kier molecular flexibility index (Phi) is 4.11. The van der Waals surface area contributed by atoms with Crippen molar-refractivity contribution in [2.24, 2.45) is 0 Å². The molecule has 0 saturated heterocycles. The highest BCUT2D eigenvalue weighted by Gasteiger charge is 2.11. The van der Waals surface area contributed by atoms with Gasteiger partial charge in [0.05, 0.1) is 23.7 Å². The van der Waals surface area contributed by atoms with Gasteiger partial charge in [0.25, 0.3) is 0 Å². The van der Waals surface area contributed by atoms with Crippen LogP contribution in [0.2, 0.25) is 0 Å². The largest absolute Gasteiger partial charge is 0.392 e. The first-order chi connectivity index (χ1) is 10.6. The van der Waals surface area contributed by atoms with Gasteiger partial charge in [-0.15, -0.1) is 0 Å². The zero-order valence-electron chi connectivity index (χ0n) is 13.0. The number of nitrogens with one attached hydrogen (secondary N) is 1. The van der Waals surface area contributed by atoms with E-state index in [4.69, 9.17) is 0 Å². The van der Waals surface area contributed by atoms with Crippen LogP contribution in [0.1, 0.15) is 18.1 Å². The number of aliphatic hydroxyl groups excluding tert-OH is 1. The predicted molar refractivity (Wildman–Crippen MR) is 90.2 cm³/mol. The molecule has 3 aromatic rings. The summed E-state index contributed by atoms with van der Waals surface area (Å²) < 4.78 is 2.16. The molecule has 4 nitrogen and oxygen atoms in total. The van der Waals surface area contributed by atoms with E-state index in [-0.39, 0.29) is 0 Å². The molecule has 0 amide bonds. The molecule has 1 heterocycles. The lowest BCUT2D eigenvalue weighted by atomic mass is 10.1. The molecule has 114 valence electrons. The lowest BCUT2D eigenvalue weighted by Gasteiger charge is -2.12. The van der Waals surface area contributed by atoms with Gasteiger partial charge in [-0.3, -0.25) is 0 Å². The maximum Gasteiger partial charge on any atom is 0.204 e. The molecular formula is C18H21N3O. The highest BCUT2D eigenvalue weighted by Crippen LogP contribution is 2.21. The lowest BCUT2D eigenvalue weighted by molar-refractivity contribution is 0.208. The molecule has 4 heteroatoms. The Morgan fingerprint density at radius 1 is 1.18 bits per heavy atom. The number of benzene rings is 2. The molecule has 2 N–H and O–H groups in total. The second-order valence-electron chi connectivity index (χ2n) is 5.73. The smallest absolute Gasteiger partial charge is 0.204 e. The molecule has 2 aromatic carbocycles. The zero-order chi connectivity index (χ0) is 15.5. The number of hydrogen-bond acceptors (Lipinski definition) is 3. The van der Waals surface area contributed by atoms with Crippen molar-refractivity contribution in [2.75, 3.05) is 11.9 Å². The second-order valence-corrected chi connectivity index (χ2v) is 5.73. The molecule has 0 aliphatic rings. The number of fused-ring (bicyclic) bond motifs is 1. The highest BCUT2D eigenvalue weighted by molar-refractivity contribution is 5.78. The van der Waals surface area contributed by atoms with E-state index in [1.807, 2.05) is 18.2 Å². The number of imidazole rings is 1. The number of rotatable bonds is 5. The Hall–Kier alpha value is -2.33. The van der Waals surface area contributed by atoms with Crippen LogP contribution in [0.3, 0.4) is 0 Å². The van der Waals surface area contributed by atoms with Crippen LogP contribution in [-0.2, 0) is 6.54 Å². The predicted octanol–water partition coefficient (Wildman–Crippen LogP) is 3.19. The van der Waals surface area contributed by atoms with Crippen molar-refractivity contribution >= 4 is 17.0 Å². The first-order valence-electron chi connectivity index (χ1n) is 7.56. The molecule has 0 radical (unpaired) electrons. The molecule has 1 atom stereocenters. The van der Waals surface area contributed by atoms with Gasteiger partial charge in [-0.2, -0.15) is 0 Å². The molecule has 1 unspecified atom stereocenters. The standard InChI is InChI=1S/C18H21N3O/c1-13-6-5-7-15(10-13)12-21-17-9-4-3-8-16(17)20-18(21)19-11-14(2)22/h3-10,14,22H,11-12H2,1-2H3,(H,19,20). The second kappa shape index (κ2) is 6.20. The number of anilines is 1. The van der Waals surface area contributed by atoms with Crippen molar-refractivity contribution < 1.29 is 5.11 Å². The van der Waals surface area contributed by atoms with Gasteiger partial charge in [0.1, 0.15) is 0 Å². The summed E-state index contributed by atoms with van der Waals surface area (Å²) in [6, 6.07) is 16.6. The van der Waals surface area contributed by atoms with Crippen LogP contribution in [-0.4, -0.2) is 27.3 Å². The summed E-state index contributed by atoms with van der Waals surface area (Å²) in [5.41, 5.74) is 4.55. The summed E-state index contributed by atoms with van der Waals surface area (Å²) in [6.07, 6.45) is -0.410. The quantitative estimate of drug-likeness (QED) is 0.760. The van der Waals surface area contributed by atoms with Crippen LogP contribution in [0.5, 0.6) is 0 Å². The first kappa shape index (κ1) is 14.6. The van der Waals surface area contributed by atoms with Crippen LogP contribution in [0, 0.1) is 6.92 Å². The van der Waals surface area contributed by atoms with Crippen molar-refractivity contribution in [1.29, 1.82) is 0 Å². The van der Waals surface area contributed by atoms with Gasteiger partial charge in [-0.05, 0) is 31.5 Å². The van der Waals surface area contributed by atoms with Crippen molar-refractivity contribution in [1.82, 2.24) is 9.55 Å². The Balaban J connectivity index is 1.99. The third kappa shape index (κ3) is 3.12. The molecule has 0 saturated carbocycles. The Morgan fingerprint density at radius 3 is 2.77 bits per heavy atom. The monoisotopic (exact) mass is 295 g/mol. The maximum atomic E-state index is 9.51. The summed E-state index contributed by atoms with van der Waals surface area (Å²) in [6.45, 7) is 5.10. The third-order valence-electron chi connectivity index (χ3n) is 3.63. The number of aromatic nitrogens is 2. The average molecular weight is 295 g/mol. The van der Waals surface area contributed by atoms with Gasteiger partial charge in [0.2, 0.25) is 5.95 Å². The number of para-hydroxylation sites is 2. The number of aryl methyl sites for hydroxylation is 1. The van der Waals surface area contributed by atoms with Crippen molar-refractivity contribution in [2.45, 2.75) is 26.5 Å². The van der Waals surface area contributed by atoms with Crippen molar-refractivity contribution in [3.05, 3.63) is 59.7 Å². The number of nitrogens with zero attached hydrogens (tertiary/aromatic N) is 2. The van der Waals surface area contributed by atoms with Crippen LogP contribution in [0.15, 0.2) is 48.5 Å². The third-order valence-corrected chi connectivity index (χ3v) is 3.63. The molecule has 0 aliphatic heterocycles. The topological polar surface area (TPSA) is 50.1 Å². The molecule has 3 rings (SSSR count). The van der Waals surface area contributed by atoms with E-state index in [1.54, 1.807) is 6.92 Å². The molecule has 0 spiro atoms. The van der Waals surface area contributed by atoms with Crippen LogP contribution in [0.25, 0.3) is 11.0 Å². The summed E-state index contributed by atoms with van der Waals surface area (Å²) in [7, 11) is 0. The molecule has 0 fully saturated rings. The fraction of sp³-hybridized carbons (Fsp3) is 0.278. The molecule has 0 aliphatic carbocycles. The van der Waals surface area contributed by atoms with E-state index >= 15 is 0 Å². The van der Waals surface area contributed by atoms with E-state index in [2.05, 4.69) is 52.1 Å². The number of aliphatic hydroxyl groups is 1.